The Balaban J connectivity index is 1.79. The van der Waals surface area contributed by atoms with Crippen molar-refractivity contribution in [1.82, 2.24) is 13.9 Å². The highest BCUT2D eigenvalue weighted by Gasteiger charge is 2.32. The van der Waals surface area contributed by atoms with E-state index in [1.165, 1.54) is 16.4 Å². The van der Waals surface area contributed by atoms with Gasteiger partial charge in [0.2, 0.25) is 10.0 Å². The lowest BCUT2D eigenvalue weighted by molar-refractivity contribution is 0.382. The molecule has 10 heteroatoms. The van der Waals surface area contributed by atoms with E-state index in [2.05, 4.69) is 4.98 Å². The Hall–Kier alpha value is -1.61. The number of piperazine rings is 1. The molecule has 3 rings (SSSR count). The average Bonchev–Trinajstić information content (AvgIpc) is 2.63. The molecule has 1 aromatic carbocycles. The molecule has 0 atom stereocenters. The van der Waals surface area contributed by atoms with Gasteiger partial charge < -0.3 is 9.47 Å². The number of hydrogen-bond donors (Lipinski definition) is 0. The van der Waals surface area contributed by atoms with Crippen LogP contribution in [0.1, 0.15) is 13.8 Å². The van der Waals surface area contributed by atoms with E-state index >= 15 is 0 Å². The van der Waals surface area contributed by atoms with Crippen LogP contribution in [-0.4, -0.2) is 48.5 Å². The van der Waals surface area contributed by atoms with E-state index in [0.717, 1.165) is 0 Å². The molecule has 0 saturated carbocycles. The number of sulfonamides is 1. The summed E-state index contributed by atoms with van der Waals surface area (Å²) < 4.78 is 28.9. The van der Waals surface area contributed by atoms with E-state index in [9.17, 15) is 13.2 Å². The van der Waals surface area contributed by atoms with Crippen LogP contribution in [0, 0.1) is 5.92 Å². The molecule has 1 fully saturated rings. The summed E-state index contributed by atoms with van der Waals surface area (Å²) in [7, 11) is -3.82. The number of benzene rings is 1. The number of nitrogens with zero attached hydrogens (tertiary/aromatic N) is 4. The van der Waals surface area contributed by atoms with Crippen LogP contribution >= 0.6 is 23.2 Å². The fourth-order valence-corrected chi connectivity index (χ4v) is 5.70. The maximum absolute atomic E-state index is 13.0. The highest BCUT2D eigenvalue weighted by molar-refractivity contribution is 7.89. The van der Waals surface area contributed by atoms with Crippen molar-refractivity contribution in [2.24, 2.45) is 5.92 Å². The van der Waals surface area contributed by atoms with E-state index in [4.69, 9.17) is 23.2 Å². The van der Waals surface area contributed by atoms with Gasteiger partial charge in [0.15, 0.2) is 5.82 Å². The predicted molar refractivity (Wildman–Crippen MR) is 111 cm³/mol. The average molecular weight is 445 g/mol. The van der Waals surface area contributed by atoms with Gasteiger partial charge in [-0.25, -0.2) is 13.4 Å². The molecule has 0 bridgehead atoms. The smallest absolute Gasteiger partial charge is 0.293 e. The number of hydrogen-bond acceptors (Lipinski definition) is 5. The molecule has 152 valence electrons. The van der Waals surface area contributed by atoms with Crippen LogP contribution < -0.4 is 10.5 Å². The van der Waals surface area contributed by atoms with E-state index in [-0.39, 0.29) is 33.6 Å². The topological polar surface area (TPSA) is 75.5 Å². The zero-order valence-corrected chi connectivity index (χ0v) is 18.0. The minimum Gasteiger partial charge on any atom is -0.349 e. The lowest BCUT2D eigenvalue weighted by Crippen LogP contribution is -2.50. The third kappa shape index (κ3) is 4.20. The van der Waals surface area contributed by atoms with Crippen LogP contribution in [0.15, 0.2) is 40.3 Å². The summed E-state index contributed by atoms with van der Waals surface area (Å²) in [6.45, 7) is 5.82. The number of aromatic nitrogens is 2. The van der Waals surface area contributed by atoms with Crippen LogP contribution in [-0.2, 0) is 16.6 Å². The summed E-state index contributed by atoms with van der Waals surface area (Å²) in [5.74, 6) is 0.672. The van der Waals surface area contributed by atoms with Gasteiger partial charge in [-0.1, -0.05) is 43.1 Å². The highest BCUT2D eigenvalue weighted by atomic mass is 35.5. The van der Waals surface area contributed by atoms with Crippen molar-refractivity contribution in [2.45, 2.75) is 25.3 Å². The van der Waals surface area contributed by atoms with Gasteiger partial charge in [0.25, 0.3) is 5.56 Å². The van der Waals surface area contributed by atoms with E-state index in [1.807, 2.05) is 18.7 Å². The van der Waals surface area contributed by atoms with Crippen molar-refractivity contribution in [3.63, 3.8) is 0 Å². The molecule has 0 amide bonds. The van der Waals surface area contributed by atoms with Crippen molar-refractivity contribution in [3.8, 4) is 0 Å². The van der Waals surface area contributed by atoms with Crippen molar-refractivity contribution >= 4 is 39.0 Å². The van der Waals surface area contributed by atoms with E-state index in [1.54, 1.807) is 23.0 Å². The van der Waals surface area contributed by atoms with Crippen LogP contribution in [0.4, 0.5) is 5.82 Å². The van der Waals surface area contributed by atoms with Gasteiger partial charge >= 0.3 is 0 Å². The second kappa shape index (κ2) is 8.41. The normalized spacial score (nSPS) is 16.0. The first-order valence-electron chi connectivity index (χ1n) is 8.96. The second-order valence-corrected chi connectivity index (χ2v) is 9.73. The summed E-state index contributed by atoms with van der Waals surface area (Å²) in [5, 5.41) is 0.187. The second-order valence-electron chi connectivity index (χ2n) is 7.04. The standard InChI is InChI=1S/C18H22Cl2N4O3S/c1-13(2)12-23-7-6-21-17(18(23)25)22-8-10-24(11-9-22)28(26,27)16-14(19)4-3-5-15(16)20/h3-7,13H,8-12H2,1-2H3. The first-order chi connectivity index (χ1) is 13.2. The number of halogens is 2. The zero-order chi connectivity index (χ0) is 20.5. The monoisotopic (exact) mass is 444 g/mol. The molecule has 0 unspecified atom stereocenters. The van der Waals surface area contributed by atoms with Gasteiger partial charge in [-0.2, -0.15) is 4.31 Å². The zero-order valence-electron chi connectivity index (χ0n) is 15.7. The maximum atomic E-state index is 13.0. The molecule has 2 aromatic rings. The number of rotatable bonds is 5. The first-order valence-corrected chi connectivity index (χ1v) is 11.2. The molecule has 1 aliphatic rings. The van der Waals surface area contributed by atoms with Gasteiger partial charge in [0.1, 0.15) is 4.90 Å². The maximum Gasteiger partial charge on any atom is 0.293 e. The van der Waals surface area contributed by atoms with Crippen LogP contribution in [0.3, 0.4) is 0 Å². The Morgan fingerprint density at radius 1 is 1.11 bits per heavy atom. The third-order valence-electron chi connectivity index (χ3n) is 4.51. The molecule has 0 N–H and O–H groups in total. The summed E-state index contributed by atoms with van der Waals surface area (Å²) in [4.78, 5) is 18.6. The fourth-order valence-electron chi connectivity index (χ4n) is 3.19. The summed E-state index contributed by atoms with van der Waals surface area (Å²) in [6.07, 6.45) is 3.28. The molecule has 2 heterocycles. The van der Waals surface area contributed by atoms with Gasteiger partial charge in [0.05, 0.1) is 10.0 Å². The van der Waals surface area contributed by atoms with Crippen molar-refractivity contribution in [3.05, 3.63) is 51.0 Å². The molecule has 1 saturated heterocycles. The van der Waals surface area contributed by atoms with Gasteiger partial charge in [-0.3, -0.25) is 4.79 Å². The Morgan fingerprint density at radius 2 is 1.71 bits per heavy atom. The summed E-state index contributed by atoms with van der Waals surface area (Å²) in [6, 6.07) is 4.61. The van der Waals surface area contributed by atoms with Crippen molar-refractivity contribution in [2.75, 3.05) is 31.1 Å². The minimum atomic E-state index is -3.82. The van der Waals surface area contributed by atoms with Crippen molar-refractivity contribution in [1.29, 1.82) is 0 Å². The molecule has 28 heavy (non-hydrogen) atoms. The third-order valence-corrected chi connectivity index (χ3v) is 7.37. The van der Waals surface area contributed by atoms with E-state index in [0.29, 0.717) is 31.4 Å². The highest BCUT2D eigenvalue weighted by Crippen LogP contribution is 2.32. The molecular weight excluding hydrogens is 423 g/mol. The van der Waals surface area contributed by atoms with Crippen LogP contribution in [0.2, 0.25) is 10.0 Å². The molecule has 0 radical (unpaired) electrons. The SMILES string of the molecule is CC(C)Cn1ccnc(N2CCN(S(=O)(=O)c3c(Cl)cccc3Cl)CC2)c1=O. The van der Waals surface area contributed by atoms with Crippen molar-refractivity contribution < 1.29 is 8.42 Å². The Bertz CT molecular complexity index is 995. The van der Waals surface area contributed by atoms with Crippen LogP contribution in [0.5, 0.6) is 0 Å². The van der Waals surface area contributed by atoms with Crippen LogP contribution in [0.25, 0.3) is 0 Å². The Kier molecular flexibility index (Phi) is 6.34. The minimum absolute atomic E-state index is 0.0797. The molecule has 0 aliphatic carbocycles. The first kappa shape index (κ1) is 21.1. The Labute approximate surface area is 174 Å². The van der Waals surface area contributed by atoms with Gasteiger partial charge in [0, 0.05) is 45.1 Å². The molecule has 7 nitrogen and oxygen atoms in total. The van der Waals surface area contributed by atoms with Gasteiger partial charge in [-0.15, -0.1) is 0 Å². The predicted octanol–water partition coefficient (Wildman–Crippen LogP) is 2.72. The lowest BCUT2D eigenvalue weighted by Gasteiger charge is -2.34. The largest absolute Gasteiger partial charge is 0.349 e. The van der Waals surface area contributed by atoms with Gasteiger partial charge in [-0.05, 0) is 18.1 Å². The fraction of sp³-hybridized carbons (Fsp3) is 0.444. The quantitative estimate of drug-likeness (QED) is 0.708. The van der Waals surface area contributed by atoms with E-state index < -0.39 is 10.0 Å². The lowest BCUT2D eigenvalue weighted by atomic mass is 10.2. The molecule has 1 aromatic heterocycles. The molecule has 0 spiro atoms. The summed E-state index contributed by atoms with van der Waals surface area (Å²) >= 11 is 12.2. The number of anilines is 1. The molecule has 1 aliphatic heterocycles. The molecular formula is C18H22Cl2N4O3S. The Morgan fingerprint density at radius 3 is 2.29 bits per heavy atom. The summed E-state index contributed by atoms with van der Waals surface area (Å²) in [5.41, 5.74) is -0.165.